The Labute approximate surface area is 176 Å². The van der Waals surface area contributed by atoms with Crippen molar-refractivity contribution in [1.82, 2.24) is 0 Å². The number of furan rings is 1. The van der Waals surface area contributed by atoms with E-state index in [1.54, 1.807) is 42.5 Å². The van der Waals surface area contributed by atoms with E-state index in [1.807, 2.05) is 6.07 Å². The molecular formula is C22H15ClN2O5. The third-order valence-electron chi connectivity index (χ3n) is 4.11. The van der Waals surface area contributed by atoms with Crippen LogP contribution in [0.2, 0.25) is 5.02 Å². The van der Waals surface area contributed by atoms with Crippen molar-refractivity contribution in [3.63, 3.8) is 0 Å². The topological polar surface area (TPSA) is 113 Å². The van der Waals surface area contributed by atoms with E-state index in [4.69, 9.17) is 20.8 Å². The fourth-order valence-corrected chi connectivity index (χ4v) is 2.89. The highest BCUT2D eigenvalue weighted by Crippen LogP contribution is 2.29. The van der Waals surface area contributed by atoms with Crippen LogP contribution in [0.1, 0.15) is 16.1 Å². The van der Waals surface area contributed by atoms with Crippen LogP contribution in [0.5, 0.6) is 5.75 Å². The Bertz CT molecular complexity index is 1190. The number of benzene rings is 2. The van der Waals surface area contributed by atoms with E-state index in [1.165, 1.54) is 25.3 Å². The zero-order valence-corrected chi connectivity index (χ0v) is 16.4. The lowest BCUT2D eigenvalue weighted by Crippen LogP contribution is -2.14. The van der Waals surface area contributed by atoms with Crippen molar-refractivity contribution in [2.45, 2.75) is 0 Å². The van der Waals surface area contributed by atoms with Gasteiger partial charge in [-0.05, 0) is 36.4 Å². The van der Waals surface area contributed by atoms with Gasteiger partial charge in [0.25, 0.3) is 5.91 Å². The summed E-state index contributed by atoms with van der Waals surface area (Å²) in [5.74, 6) is -0.868. The standard InChI is InChI=1S/C22H15ClN2O5/c1-29-20-8-6-14(23)11-18(20)25-21(26)13(12-24)10-15-7-9-19(30-15)16-4-2-3-5-17(16)22(27)28/h2-11H,1H3,(H,25,26)(H,27,28)/b13-10+. The largest absolute Gasteiger partial charge is 0.495 e. The maximum Gasteiger partial charge on any atom is 0.336 e. The summed E-state index contributed by atoms with van der Waals surface area (Å²) in [6.07, 6.45) is 1.26. The first-order chi connectivity index (χ1) is 14.4. The van der Waals surface area contributed by atoms with Crippen LogP contribution in [-0.2, 0) is 4.79 Å². The molecule has 0 atom stereocenters. The van der Waals surface area contributed by atoms with E-state index in [0.717, 1.165) is 0 Å². The molecule has 0 spiro atoms. The molecule has 30 heavy (non-hydrogen) atoms. The van der Waals surface area contributed by atoms with Gasteiger partial charge in [0.1, 0.15) is 28.9 Å². The highest BCUT2D eigenvalue weighted by molar-refractivity contribution is 6.31. The van der Waals surface area contributed by atoms with Crippen LogP contribution < -0.4 is 10.1 Å². The molecule has 3 rings (SSSR count). The number of amides is 1. The average Bonchev–Trinajstić information content (AvgIpc) is 3.20. The van der Waals surface area contributed by atoms with Gasteiger partial charge in [0.15, 0.2) is 0 Å². The highest BCUT2D eigenvalue weighted by atomic mass is 35.5. The lowest BCUT2D eigenvalue weighted by Gasteiger charge is -2.09. The van der Waals surface area contributed by atoms with Gasteiger partial charge >= 0.3 is 5.97 Å². The predicted octanol–water partition coefficient (Wildman–Crippen LogP) is 4.85. The molecule has 0 saturated heterocycles. The summed E-state index contributed by atoms with van der Waals surface area (Å²) < 4.78 is 10.8. The zero-order chi connectivity index (χ0) is 21.7. The van der Waals surface area contributed by atoms with E-state index in [2.05, 4.69) is 5.32 Å². The van der Waals surface area contributed by atoms with Crippen LogP contribution >= 0.6 is 11.6 Å². The molecule has 1 amide bonds. The Balaban J connectivity index is 1.88. The number of hydrogen-bond acceptors (Lipinski definition) is 5. The number of methoxy groups -OCH3 is 1. The molecule has 2 N–H and O–H groups in total. The van der Waals surface area contributed by atoms with Crippen LogP contribution in [0.3, 0.4) is 0 Å². The van der Waals surface area contributed by atoms with Gasteiger partial charge < -0.3 is 19.6 Å². The van der Waals surface area contributed by atoms with Crippen LogP contribution in [0.25, 0.3) is 17.4 Å². The summed E-state index contributed by atoms with van der Waals surface area (Å²) in [6.45, 7) is 0. The number of carboxylic acids is 1. The summed E-state index contributed by atoms with van der Waals surface area (Å²) in [5, 5.41) is 21.7. The number of halogens is 1. The monoisotopic (exact) mass is 422 g/mol. The van der Waals surface area contributed by atoms with Gasteiger partial charge in [-0.3, -0.25) is 4.79 Å². The average molecular weight is 423 g/mol. The van der Waals surface area contributed by atoms with Gasteiger partial charge in [0.05, 0.1) is 18.4 Å². The van der Waals surface area contributed by atoms with Gasteiger partial charge in [-0.1, -0.05) is 29.8 Å². The maximum absolute atomic E-state index is 12.5. The Morgan fingerprint density at radius 2 is 1.97 bits per heavy atom. The Morgan fingerprint density at radius 3 is 2.67 bits per heavy atom. The number of ether oxygens (including phenoxy) is 1. The van der Waals surface area contributed by atoms with E-state index in [-0.39, 0.29) is 16.9 Å². The predicted molar refractivity (Wildman–Crippen MR) is 111 cm³/mol. The zero-order valence-electron chi connectivity index (χ0n) is 15.7. The fourth-order valence-electron chi connectivity index (χ4n) is 2.72. The van der Waals surface area contributed by atoms with Crippen LogP contribution in [-0.4, -0.2) is 24.1 Å². The van der Waals surface area contributed by atoms with Crippen molar-refractivity contribution in [1.29, 1.82) is 5.26 Å². The summed E-state index contributed by atoms with van der Waals surface area (Å²) in [5.41, 5.74) is 0.557. The minimum atomic E-state index is -1.09. The van der Waals surface area contributed by atoms with Gasteiger partial charge in [0.2, 0.25) is 0 Å². The number of carbonyl (C=O) groups is 2. The molecule has 2 aromatic carbocycles. The van der Waals surface area contributed by atoms with Gasteiger partial charge in [0, 0.05) is 16.7 Å². The number of rotatable bonds is 6. The fraction of sp³-hybridized carbons (Fsp3) is 0.0455. The number of nitrogens with one attached hydrogen (secondary N) is 1. The third kappa shape index (κ3) is 4.51. The Morgan fingerprint density at radius 1 is 1.20 bits per heavy atom. The van der Waals surface area contributed by atoms with Crippen LogP contribution in [0, 0.1) is 11.3 Å². The maximum atomic E-state index is 12.5. The second kappa shape index (κ2) is 8.99. The molecule has 0 unspecified atom stereocenters. The minimum absolute atomic E-state index is 0.0775. The number of nitriles is 1. The molecule has 150 valence electrons. The summed E-state index contributed by atoms with van der Waals surface area (Å²) in [6, 6.07) is 16.0. The number of aromatic carboxylic acids is 1. The second-order valence-electron chi connectivity index (χ2n) is 6.02. The third-order valence-corrected chi connectivity index (χ3v) is 4.35. The molecule has 0 saturated carbocycles. The molecule has 0 bridgehead atoms. The highest BCUT2D eigenvalue weighted by Gasteiger charge is 2.16. The lowest BCUT2D eigenvalue weighted by molar-refractivity contribution is -0.112. The lowest BCUT2D eigenvalue weighted by atomic mass is 10.1. The number of carboxylic acid groups (broad SMARTS) is 1. The van der Waals surface area contributed by atoms with E-state index >= 15 is 0 Å². The van der Waals surface area contributed by atoms with Crippen molar-refractivity contribution in [3.05, 3.63) is 76.5 Å². The summed E-state index contributed by atoms with van der Waals surface area (Å²) in [7, 11) is 1.44. The molecule has 0 aliphatic carbocycles. The van der Waals surface area contributed by atoms with E-state index < -0.39 is 11.9 Å². The molecule has 0 radical (unpaired) electrons. The Hall–Kier alpha value is -4.02. The van der Waals surface area contributed by atoms with Crippen molar-refractivity contribution >= 4 is 35.2 Å². The van der Waals surface area contributed by atoms with Gasteiger partial charge in [-0.15, -0.1) is 0 Å². The van der Waals surface area contributed by atoms with E-state index in [9.17, 15) is 20.0 Å². The molecule has 8 heteroatoms. The molecule has 0 fully saturated rings. The smallest absolute Gasteiger partial charge is 0.336 e. The van der Waals surface area contributed by atoms with Crippen LogP contribution in [0.4, 0.5) is 5.69 Å². The van der Waals surface area contributed by atoms with Gasteiger partial charge in [-0.25, -0.2) is 4.79 Å². The summed E-state index contributed by atoms with van der Waals surface area (Å²) >= 11 is 5.95. The molecule has 1 heterocycles. The normalized spacial score (nSPS) is 10.9. The van der Waals surface area contributed by atoms with Gasteiger partial charge in [-0.2, -0.15) is 5.26 Å². The first-order valence-corrected chi connectivity index (χ1v) is 9.00. The SMILES string of the molecule is COc1ccc(Cl)cc1NC(=O)/C(C#N)=C/c1ccc(-c2ccccc2C(=O)O)o1. The second-order valence-corrected chi connectivity index (χ2v) is 6.46. The molecule has 0 aliphatic heterocycles. The van der Waals surface area contributed by atoms with E-state index in [0.29, 0.717) is 27.8 Å². The van der Waals surface area contributed by atoms with Crippen LogP contribution in [0.15, 0.2) is 64.6 Å². The van der Waals surface area contributed by atoms with Crippen molar-refractivity contribution in [3.8, 4) is 23.1 Å². The number of hydrogen-bond donors (Lipinski definition) is 2. The molecule has 0 aliphatic rings. The summed E-state index contributed by atoms with van der Waals surface area (Å²) in [4.78, 5) is 23.9. The Kier molecular flexibility index (Phi) is 6.20. The first-order valence-electron chi connectivity index (χ1n) is 8.62. The van der Waals surface area contributed by atoms with Crippen molar-refractivity contribution < 1.29 is 23.8 Å². The van der Waals surface area contributed by atoms with Crippen molar-refractivity contribution in [2.75, 3.05) is 12.4 Å². The number of anilines is 1. The molecule has 1 aromatic heterocycles. The molecular weight excluding hydrogens is 408 g/mol. The first kappa shape index (κ1) is 20.7. The molecule has 3 aromatic rings. The number of nitrogens with zero attached hydrogens (tertiary/aromatic N) is 1. The quantitative estimate of drug-likeness (QED) is 0.433. The van der Waals surface area contributed by atoms with Crippen molar-refractivity contribution in [2.24, 2.45) is 0 Å². The molecule has 7 nitrogen and oxygen atoms in total. The minimum Gasteiger partial charge on any atom is -0.495 e. The number of carbonyl (C=O) groups excluding carboxylic acids is 1.